The van der Waals surface area contributed by atoms with Gasteiger partial charge in [0, 0.05) is 10.2 Å². The smallest absolute Gasteiger partial charge is 0.240 e. The second-order valence-electron chi connectivity index (χ2n) is 3.90. The van der Waals surface area contributed by atoms with Crippen molar-refractivity contribution < 1.29 is 4.79 Å². The van der Waals surface area contributed by atoms with Gasteiger partial charge in [-0.25, -0.2) is 0 Å². The highest BCUT2D eigenvalue weighted by molar-refractivity contribution is 9.10. The molecule has 5 heteroatoms. The van der Waals surface area contributed by atoms with Gasteiger partial charge in [0.2, 0.25) is 5.91 Å². The van der Waals surface area contributed by atoms with Crippen molar-refractivity contribution >= 4 is 39.1 Å². The molecule has 0 bridgehead atoms. The summed E-state index contributed by atoms with van der Waals surface area (Å²) < 4.78 is 0.783. The van der Waals surface area contributed by atoms with E-state index in [9.17, 15) is 4.79 Å². The molecule has 0 saturated carbocycles. The second kappa shape index (κ2) is 5.55. The quantitative estimate of drug-likeness (QED) is 0.898. The topological polar surface area (TPSA) is 55.1 Å². The monoisotopic (exact) mass is 304 g/mol. The summed E-state index contributed by atoms with van der Waals surface area (Å²) >= 11 is 9.20. The molecule has 0 aliphatic rings. The number of benzene rings is 1. The minimum Gasteiger partial charge on any atom is -0.373 e. The predicted octanol–water partition coefficient (Wildman–Crippen LogP) is 3.02. The first-order valence-corrected chi connectivity index (χ1v) is 6.10. The lowest BCUT2D eigenvalue weighted by atomic mass is 10.0. The van der Waals surface area contributed by atoms with Crippen LogP contribution in [0.15, 0.2) is 22.7 Å². The van der Waals surface area contributed by atoms with E-state index in [2.05, 4.69) is 21.2 Å². The van der Waals surface area contributed by atoms with E-state index in [1.165, 1.54) is 0 Å². The zero-order valence-corrected chi connectivity index (χ0v) is 11.5. The van der Waals surface area contributed by atoms with Crippen molar-refractivity contribution in [3.05, 3.63) is 27.7 Å². The van der Waals surface area contributed by atoms with Gasteiger partial charge in [-0.2, -0.15) is 0 Å². The van der Waals surface area contributed by atoms with E-state index in [-0.39, 0.29) is 17.9 Å². The Morgan fingerprint density at radius 2 is 2.12 bits per heavy atom. The van der Waals surface area contributed by atoms with Crippen molar-refractivity contribution in [1.29, 1.82) is 0 Å². The SMILES string of the molecule is CC(C)C(Nc1ccc(Cl)c(Br)c1)C(N)=O. The van der Waals surface area contributed by atoms with Crippen molar-refractivity contribution in [1.82, 2.24) is 0 Å². The third-order valence-electron chi connectivity index (χ3n) is 2.21. The van der Waals surface area contributed by atoms with Gasteiger partial charge in [0.1, 0.15) is 6.04 Å². The zero-order valence-electron chi connectivity index (χ0n) is 9.13. The Kier molecular flexibility index (Phi) is 4.62. The fraction of sp³-hybridized carbons (Fsp3) is 0.364. The van der Waals surface area contributed by atoms with Crippen LogP contribution < -0.4 is 11.1 Å². The molecular formula is C11H14BrClN2O. The number of carbonyl (C=O) groups is 1. The Bertz CT molecular complexity index is 396. The summed E-state index contributed by atoms with van der Waals surface area (Å²) in [5.41, 5.74) is 6.13. The lowest BCUT2D eigenvalue weighted by molar-refractivity contribution is -0.119. The van der Waals surface area contributed by atoms with Gasteiger partial charge >= 0.3 is 0 Å². The van der Waals surface area contributed by atoms with Crippen molar-refractivity contribution in [2.45, 2.75) is 19.9 Å². The average molecular weight is 306 g/mol. The number of anilines is 1. The summed E-state index contributed by atoms with van der Waals surface area (Å²) in [5.74, 6) is -0.229. The molecule has 0 heterocycles. The molecule has 16 heavy (non-hydrogen) atoms. The second-order valence-corrected chi connectivity index (χ2v) is 5.16. The van der Waals surface area contributed by atoms with Crippen LogP contribution in [0.5, 0.6) is 0 Å². The minimum absolute atomic E-state index is 0.131. The van der Waals surface area contributed by atoms with Crippen molar-refractivity contribution in [3.63, 3.8) is 0 Å². The van der Waals surface area contributed by atoms with E-state index < -0.39 is 0 Å². The fourth-order valence-corrected chi connectivity index (χ4v) is 1.83. The molecule has 0 aromatic heterocycles. The maximum atomic E-state index is 11.2. The van der Waals surface area contributed by atoms with E-state index in [1.807, 2.05) is 26.0 Å². The van der Waals surface area contributed by atoms with Crippen LogP contribution in [0.1, 0.15) is 13.8 Å². The van der Waals surface area contributed by atoms with Gasteiger partial charge in [0.05, 0.1) is 5.02 Å². The third kappa shape index (κ3) is 3.39. The number of halogens is 2. The van der Waals surface area contributed by atoms with Crippen LogP contribution in [0.3, 0.4) is 0 Å². The summed E-state index contributed by atoms with van der Waals surface area (Å²) in [5, 5.41) is 3.71. The van der Waals surface area contributed by atoms with E-state index >= 15 is 0 Å². The molecule has 1 unspecified atom stereocenters. The van der Waals surface area contributed by atoms with Crippen LogP contribution in [0.4, 0.5) is 5.69 Å². The van der Waals surface area contributed by atoms with Gasteiger partial charge in [0.15, 0.2) is 0 Å². The van der Waals surface area contributed by atoms with Gasteiger partial charge in [-0.15, -0.1) is 0 Å². The molecule has 1 atom stereocenters. The van der Waals surface area contributed by atoms with E-state index in [4.69, 9.17) is 17.3 Å². The first-order chi connectivity index (χ1) is 7.41. The van der Waals surface area contributed by atoms with Gasteiger partial charge in [-0.3, -0.25) is 4.79 Å². The maximum absolute atomic E-state index is 11.2. The van der Waals surface area contributed by atoms with Gasteiger partial charge in [-0.05, 0) is 40.0 Å². The molecule has 0 aliphatic carbocycles. The van der Waals surface area contributed by atoms with Crippen LogP contribution in [0.25, 0.3) is 0 Å². The molecule has 1 aromatic carbocycles. The molecule has 0 spiro atoms. The summed E-state index contributed by atoms with van der Waals surface area (Å²) in [4.78, 5) is 11.2. The largest absolute Gasteiger partial charge is 0.373 e. The first kappa shape index (κ1) is 13.3. The molecule has 3 N–H and O–H groups in total. The average Bonchev–Trinajstić information content (AvgIpc) is 2.18. The highest BCUT2D eigenvalue weighted by atomic mass is 79.9. The standard InChI is InChI=1S/C11H14BrClN2O/c1-6(2)10(11(14)16)15-7-3-4-9(13)8(12)5-7/h3-6,10,15H,1-2H3,(H2,14,16). The van der Waals surface area contributed by atoms with Crippen molar-refractivity contribution in [2.75, 3.05) is 5.32 Å². The van der Waals surface area contributed by atoms with Crippen LogP contribution in [-0.2, 0) is 4.79 Å². The van der Waals surface area contributed by atoms with Gasteiger partial charge in [0.25, 0.3) is 0 Å². The lowest BCUT2D eigenvalue weighted by Gasteiger charge is -2.20. The number of nitrogens with one attached hydrogen (secondary N) is 1. The van der Waals surface area contributed by atoms with Crippen LogP contribution in [-0.4, -0.2) is 11.9 Å². The summed E-state index contributed by atoms with van der Waals surface area (Å²) in [6, 6.07) is 5.01. The molecule has 1 rings (SSSR count). The molecule has 1 aromatic rings. The maximum Gasteiger partial charge on any atom is 0.240 e. The summed E-state index contributed by atoms with van der Waals surface area (Å²) in [6.45, 7) is 3.88. The molecule has 88 valence electrons. The Labute approximate surface area is 108 Å². The molecule has 0 aliphatic heterocycles. The van der Waals surface area contributed by atoms with E-state index in [1.54, 1.807) is 6.07 Å². The lowest BCUT2D eigenvalue weighted by Crippen LogP contribution is -2.39. The molecule has 1 amide bonds. The van der Waals surface area contributed by atoms with Crippen LogP contribution in [0.2, 0.25) is 5.02 Å². The third-order valence-corrected chi connectivity index (χ3v) is 3.43. The highest BCUT2D eigenvalue weighted by Gasteiger charge is 2.19. The predicted molar refractivity (Wildman–Crippen MR) is 70.6 cm³/mol. The van der Waals surface area contributed by atoms with E-state index in [0.717, 1.165) is 10.2 Å². The number of amides is 1. The number of rotatable bonds is 4. The Morgan fingerprint density at radius 3 is 2.56 bits per heavy atom. The number of nitrogens with two attached hydrogens (primary N) is 1. The number of primary amides is 1. The Morgan fingerprint density at radius 1 is 1.50 bits per heavy atom. The zero-order chi connectivity index (χ0) is 12.3. The molecule has 0 radical (unpaired) electrons. The van der Waals surface area contributed by atoms with Crippen LogP contribution in [0, 0.1) is 5.92 Å². The van der Waals surface area contributed by atoms with Crippen molar-refractivity contribution in [2.24, 2.45) is 11.7 Å². The van der Waals surface area contributed by atoms with Crippen molar-refractivity contribution in [3.8, 4) is 0 Å². The Balaban J connectivity index is 2.86. The normalized spacial score (nSPS) is 12.6. The molecule has 3 nitrogen and oxygen atoms in total. The van der Waals surface area contributed by atoms with Gasteiger partial charge in [-0.1, -0.05) is 25.4 Å². The molecular weight excluding hydrogens is 291 g/mol. The molecule has 0 fully saturated rings. The first-order valence-electron chi connectivity index (χ1n) is 4.92. The van der Waals surface area contributed by atoms with Gasteiger partial charge < -0.3 is 11.1 Å². The fourth-order valence-electron chi connectivity index (χ4n) is 1.33. The van der Waals surface area contributed by atoms with Crippen LogP contribution >= 0.6 is 27.5 Å². The number of hydrogen-bond acceptors (Lipinski definition) is 2. The van der Waals surface area contributed by atoms with E-state index in [0.29, 0.717) is 5.02 Å². The summed E-state index contributed by atoms with van der Waals surface area (Å²) in [7, 11) is 0. The number of carbonyl (C=O) groups excluding carboxylic acids is 1. The highest BCUT2D eigenvalue weighted by Crippen LogP contribution is 2.26. The number of hydrogen-bond donors (Lipinski definition) is 2. The molecule has 0 saturated heterocycles. The minimum atomic E-state index is -0.381. The summed E-state index contributed by atoms with van der Waals surface area (Å²) in [6.07, 6.45) is 0. The Hall–Kier alpha value is -0.740.